The van der Waals surface area contributed by atoms with Gasteiger partial charge in [0, 0.05) is 0 Å². The molecule has 3 rings (SSSR count). The summed E-state index contributed by atoms with van der Waals surface area (Å²) in [5.74, 6) is 1.02. The zero-order chi connectivity index (χ0) is 18.4. The third-order valence-corrected chi connectivity index (χ3v) is 3.73. The first kappa shape index (κ1) is 17.5. The van der Waals surface area contributed by atoms with E-state index in [0.29, 0.717) is 23.8 Å². The summed E-state index contributed by atoms with van der Waals surface area (Å²) < 4.78 is 11.3. The molecule has 0 heterocycles. The summed E-state index contributed by atoms with van der Waals surface area (Å²) in [6, 6.07) is 21.1. The fourth-order valence-corrected chi connectivity index (χ4v) is 2.49. The molecule has 0 spiro atoms. The van der Waals surface area contributed by atoms with Gasteiger partial charge in [0.15, 0.2) is 6.61 Å². The maximum atomic E-state index is 12.2. The molecule has 0 unspecified atom stereocenters. The molecular formula is C22H21NO3. The van der Waals surface area contributed by atoms with Gasteiger partial charge < -0.3 is 14.8 Å². The Morgan fingerprint density at radius 1 is 0.923 bits per heavy atom. The van der Waals surface area contributed by atoms with Crippen molar-refractivity contribution in [2.45, 2.75) is 6.92 Å². The molecule has 0 saturated heterocycles. The van der Waals surface area contributed by atoms with Gasteiger partial charge in [0.1, 0.15) is 18.1 Å². The normalized spacial score (nSPS) is 10.3. The average Bonchev–Trinajstić information content (AvgIpc) is 2.65. The lowest BCUT2D eigenvalue weighted by atomic mass is 10.1. The lowest BCUT2D eigenvalue weighted by Crippen LogP contribution is -2.20. The third kappa shape index (κ3) is 4.63. The van der Waals surface area contributed by atoms with Crippen LogP contribution in [0.25, 0.3) is 10.8 Å². The van der Waals surface area contributed by atoms with E-state index in [4.69, 9.17) is 9.47 Å². The van der Waals surface area contributed by atoms with Crippen LogP contribution < -0.4 is 14.8 Å². The van der Waals surface area contributed by atoms with E-state index in [1.165, 1.54) is 0 Å². The highest BCUT2D eigenvalue weighted by atomic mass is 16.5. The first-order valence-electron chi connectivity index (χ1n) is 8.39. The highest BCUT2D eigenvalue weighted by Crippen LogP contribution is 2.24. The van der Waals surface area contributed by atoms with Gasteiger partial charge in [-0.1, -0.05) is 49.0 Å². The first-order chi connectivity index (χ1) is 12.6. The van der Waals surface area contributed by atoms with E-state index in [2.05, 4.69) is 11.9 Å². The predicted octanol–water partition coefficient (Wildman–Crippen LogP) is 4.81. The molecule has 1 N–H and O–H groups in total. The van der Waals surface area contributed by atoms with Gasteiger partial charge in [-0.05, 0) is 47.5 Å². The summed E-state index contributed by atoms with van der Waals surface area (Å²) in [6.07, 6.45) is 0. The van der Waals surface area contributed by atoms with Crippen LogP contribution in [0.3, 0.4) is 0 Å². The van der Waals surface area contributed by atoms with E-state index in [1.807, 2.05) is 67.6 Å². The Morgan fingerprint density at radius 2 is 1.65 bits per heavy atom. The van der Waals surface area contributed by atoms with Crippen LogP contribution in [0, 0.1) is 0 Å². The minimum atomic E-state index is -0.246. The number of para-hydroxylation sites is 2. The summed E-state index contributed by atoms with van der Waals surface area (Å²) >= 11 is 0. The zero-order valence-corrected chi connectivity index (χ0v) is 14.7. The molecule has 3 aromatic rings. The van der Waals surface area contributed by atoms with E-state index < -0.39 is 0 Å². The molecule has 0 atom stereocenters. The van der Waals surface area contributed by atoms with E-state index in [0.717, 1.165) is 16.3 Å². The van der Waals surface area contributed by atoms with E-state index in [9.17, 15) is 4.79 Å². The van der Waals surface area contributed by atoms with Crippen molar-refractivity contribution in [2.24, 2.45) is 0 Å². The number of nitrogens with one attached hydrogen (secondary N) is 1. The molecule has 0 bridgehead atoms. The molecule has 4 nitrogen and oxygen atoms in total. The smallest absolute Gasteiger partial charge is 0.262 e. The molecule has 0 aromatic heterocycles. The van der Waals surface area contributed by atoms with Crippen LogP contribution in [0.1, 0.15) is 6.92 Å². The Hall–Kier alpha value is -3.27. The zero-order valence-electron chi connectivity index (χ0n) is 14.7. The number of hydrogen-bond donors (Lipinski definition) is 1. The molecule has 0 radical (unpaired) electrons. The summed E-state index contributed by atoms with van der Waals surface area (Å²) in [4.78, 5) is 12.2. The third-order valence-electron chi connectivity index (χ3n) is 3.73. The Kier molecular flexibility index (Phi) is 5.54. The van der Waals surface area contributed by atoms with Crippen molar-refractivity contribution in [1.82, 2.24) is 0 Å². The number of carbonyl (C=O) groups excluding carboxylic acids is 1. The van der Waals surface area contributed by atoms with Crippen LogP contribution in [-0.2, 0) is 4.79 Å². The fraction of sp³-hybridized carbons (Fsp3) is 0.136. The van der Waals surface area contributed by atoms with Crippen LogP contribution in [-0.4, -0.2) is 19.1 Å². The van der Waals surface area contributed by atoms with Crippen LogP contribution >= 0.6 is 0 Å². The van der Waals surface area contributed by atoms with Crippen molar-refractivity contribution in [2.75, 3.05) is 18.5 Å². The van der Waals surface area contributed by atoms with Gasteiger partial charge in [-0.2, -0.15) is 0 Å². The molecule has 1 amide bonds. The summed E-state index contributed by atoms with van der Waals surface area (Å²) in [7, 11) is 0. The predicted molar refractivity (Wildman–Crippen MR) is 105 cm³/mol. The van der Waals surface area contributed by atoms with Crippen molar-refractivity contribution in [3.8, 4) is 11.5 Å². The van der Waals surface area contributed by atoms with Gasteiger partial charge in [0.2, 0.25) is 0 Å². The number of fused-ring (bicyclic) bond motifs is 1. The largest absolute Gasteiger partial charge is 0.487 e. The fourth-order valence-electron chi connectivity index (χ4n) is 2.49. The highest BCUT2D eigenvalue weighted by molar-refractivity contribution is 5.93. The number of hydrogen-bond acceptors (Lipinski definition) is 3. The van der Waals surface area contributed by atoms with E-state index in [-0.39, 0.29) is 12.5 Å². The molecule has 132 valence electrons. The van der Waals surface area contributed by atoms with Crippen molar-refractivity contribution in [3.05, 3.63) is 78.9 Å². The van der Waals surface area contributed by atoms with Gasteiger partial charge in [-0.25, -0.2) is 0 Å². The van der Waals surface area contributed by atoms with Gasteiger partial charge in [0.25, 0.3) is 5.91 Å². The van der Waals surface area contributed by atoms with Gasteiger partial charge in [-0.15, -0.1) is 0 Å². The number of ether oxygens (including phenoxy) is 2. The lowest BCUT2D eigenvalue weighted by Gasteiger charge is -2.13. The van der Waals surface area contributed by atoms with E-state index >= 15 is 0 Å². The molecule has 0 saturated carbocycles. The van der Waals surface area contributed by atoms with Crippen LogP contribution in [0.15, 0.2) is 78.9 Å². The lowest BCUT2D eigenvalue weighted by molar-refractivity contribution is -0.118. The van der Waals surface area contributed by atoms with Crippen LogP contribution in [0.5, 0.6) is 11.5 Å². The standard InChI is InChI=1S/C22H21NO3/c1-16(2)14-26-21-10-6-5-9-20(21)23-22(24)15-25-19-12-11-17-7-3-4-8-18(17)13-19/h3-13H,1,14-15H2,2H3,(H,23,24). The summed E-state index contributed by atoms with van der Waals surface area (Å²) in [5.41, 5.74) is 1.52. The Balaban J connectivity index is 1.61. The van der Waals surface area contributed by atoms with Gasteiger partial charge >= 0.3 is 0 Å². The highest BCUT2D eigenvalue weighted by Gasteiger charge is 2.09. The maximum Gasteiger partial charge on any atom is 0.262 e. The van der Waals surface area contributed by atoms with Crippen LogP contribution in [0.2, 0.25) is 0 Å². The van der Waals surface area contributed by atoms with Crippen molar-refractivity contribution >= 4 is 22.4 Å². The average molecular weight is 347 g/mol. The number of carbonyl (C=O) groups is 1. The molecule has 0 fully saturated rings. The van der Waals surface area contributed by atoms with Crippen molar-refractivity contribution in [1.29, 1.82) is 0 Å². The Bertz CT molecular complexity index is 933. The van der Waals surface area contributed by atoms with Gasteiger partial charge in [-0.3, -0.25) is 4.79 Å². The molecule has 26 heavy (non-hydrogen) atoms. The molecule has 0 aliphatic carbocycles. The Morgan fingerprint density at radius 3 is 2.46 bits per heavy atom. The molecule has 4 heteroatoms. The molecule has 0 aliphatic heterocycles. The second-order valence-electron chi connectivity index (χ2n) is 6.09. The number of benzene rings is 3. The van der Waals surface area contributed by atoms with Crippen molar-refractivity contribution < 1.29 is 14.3 Å². The minimum absolute atomic E-state index is 0.0762. The Labute approximate surface area is 153 Å². The minimum Gasteiger partial charge on any atom is -0.487 e. The number of amides is 1. The summed E-state index contributed by atoms with van der Waals surface area (Å²) in [5, 5.41) is 5.03. The molecular weight excluding hydrogens is 326 g/mol. The SMILES string of the molecule is C=C(C)COc1ccccc1NC(=O)COc1ccc2ccccc2c1. The monoisotopic (exact) mass is 347 g/mol. The second-order valence-corrected chi connectivity index (χ2v) is 6.09. The van der Waals surface area contributed by atoms with Crippen molar-refractivity contribution in [3.63, 3.8) is 0 Å². The molecule has 0 aliphatic rings. The summed E-state index contributed by atoms with van der Waals surface area (Å²) in [6.45, 7) is 6.03. The van der Waals surface area contributed by atoms with Gasteiger partial charge in [0.05, 0.1) is 5.69 Å². The van der Waals surface area contributed by atoms with Crippen LogP contribution in [0.4, 0.5) is 5.69 Å². The topological polar surface area (TPSA) is 47.6 Å². The maximum absolute atomic E-state index is 12.2. The quantitative estimate of drug-likeness (QED) is 0.624. The number of rotatable bonds is 7. The first-order valence-corrected chi connectivity index (χ1v) is 8.39. The number of anilines is 1. The second kappa shape index (κ2) is 8.21. The van der Waals surface area contributed by atoms with E-state index in [1.54, 1.807) is 6.07 Å². The molecule has 3 aromatic carbocycles.